The molecule has 3 N–H and O–H groups in total. The fourth-order valence-corrected chi connectivity index (χ4v) is 1.85. The van der Waals surface area contributed by atoms with E-state index in [-0.39, 0.29) is 11.9 Å². The molecule has 20 heavy (non-hydrogen) atoms. The lowest BCUT2D eigenvalue weighted by Crippen LogP contribution is -2.15. The van der Waals surface area contributed by atoms with Gasteiger partial charge in [-0.2, -0.15) is 10.2 Å². The molecule has 1 aromatic heterocycles. The number of nitrogens with one attached hydrogen (secondary N) is 1. The molecule has 1 aromatic carbocycles. The predicted octanol–water partition coefficient (Wildman–Crippen LogP) is 2.37. The van der Waals surface area contributed by atoms with Crippen LogP contribution in [0, 0.1) is 13.8 Å². The summed E-state index contributed by atoms with van der Waals surface area (Å²) in [5.41, 5.74) is 9.41. The first kappa shape index (κ1) is 14.1. The standard InChI is InChI=1S/C15H18N4O/c1-9-8-14(11(3)19-18-9)15(20)17-13-6-4-12(5-7-13)10(2)16/h4-8,10H,16H2,1-3H3,(H,17,20). The Kier molecular flexibility index (Phi) is 4.10. The molecule has 1 amide bonds. The number of hydrogen-bond donors (Lipinski definition) is 2. The zero-order valence-electron chi connectivity index (χ0n) is 11.8. The van der Waals surface area contributed by atoms with Crippen LogP contribution < -0.4 is 11.1 Å². The number of anilines is 1. The third-order valence-corrected chi connectivity index (χ3v) is 3.04. The van der Waals surface area contributed by atoms with Crippen molar-refractivity contribution in [3.63, 3.8) is 0 Å². The van der Waals surface area contributed by atoms with E-state index < -0.39 is 0 Å². The molecule has 5 nitrogen and oxygen atoms in total. The number of amides is 1. The number of aryl methyl sites for hydroxylation is 2. The molecule has 2 aromatic rings. The van der Waals surface area contributed by atoms with Gasteiger partial charge in [0.25, 0.3) is 5.91 Å². The molecule has 0 aliphatic rings. The Labute approximate surface area is 118 Å². The van der Waals surface area contributed by atoms with Crippen LogP contribution in [0.4, 0.5) is 5.69 Å². The minimum Gasteiger partial charge on any atom is -0.324 e. The van der Waals surface area contributed by atoms with E-state index in [2.05, 4.69) is 15.5 Å². The van der Waals surface area contributed by atoms with Crippen LogP contribution in [0.1, 0.15) is 40.3 Å². The highest BCUT2D eigenvalue weighted by atomic mass is 16.1. The molecule has 0 fully saturated rings. The second-order valence-corrected chi connectivity index (χ2v) is 4.85. The number of carbonyl (C=O) groups excluding carboxylic acids is 1. The Hall–Kier alpha value is -2.27. The highest BCUT2D eigenvalue weighted by Crippen LogP contribution is 2.15. The Balaban J connectivity index is 2.17. The molecule has 0 saturated carbocycles. The lowest BCUT2D eigenvalue weighted by Gasteiger charge is -2.09. The van der Waals surface area contributed by atoms with Crippen LogP contribution in [0.5, 0.6) is 0 Å². The van der Waals surface area contributed by atoms with E-state index in [4.69, 9.17) is 5.73 Å². The molecule has 0 aliphatic carbocycles. The van der Waals surface area contributed by atoms with Gasteiger partial charge in [0.2, 0.25) is 0 Å². The molecule has 1 unspecified atom stereocenters. The highest BCUT2D eigenvalue weighted by Gasteiger charge is 2.11. The fourth-order valence-electron chi connectivity index (χ4n) is 1.85. The molecule has 0 spiro atoms. The maximum atomic E-state index is 12.2. The van der Waals surface area contributed by atoms with E-state index >= 15 is 0 Å². The lowest BCUT2D eigenvalue weighted by molar-refractivity contribution is 0.102. The second kappa shape index (κ2) is 5.79. The third-order valence-electron chi connectivity index (χ3n) is 3.04. The van der Waals surface area contributed by atoms with E-state index in [0.29, 0.717) is 17.0 Å². The summed E-state index contributed by atoms with van der Waals surface area (Å²) in [7, 11) is 0. The molecule has 5 heteroatoms. The van der Waals surface area contributed by atoms with Gasteiger partial charge < -0.3 is 11.1 Å². The molecular weight excluding hydrogens is 252 g/mol. The topological polar surface area (TPSA) is 80.9 Å². The van der Waals surface area contributed by atoms with Crippen LogP contribution in [0.25, 0.3) is 0 Å². The van der Waals surface area contributed by atoms with Crippen molar-refractivity contribution in [2.75, 3.05) is 5.32 Å². The van der Waals surface area contributed by atoms with Crippen molar-refractivity contribution in [1.29, 1.82) is 0 Å². The van der Waals surface area contributed by atoms with Gasteiger partial charge in [0.1, 0.15) is 0 Å². The molecule has 0 saturated heterocycles. The zero-order valence-corrected chi connectivity index (χ0v) is 11.8. The zero-order chi connectivity index (χ0) is 14.7. The van der Waals surface area contributed by atoms with Crippen LogP contribution in [0.15, 0.2) is 30.3 Å². The van der Waals surface area contributed by atoms with Crippen molar-refractivity contribution in [2.45, 2.75) is 26.8 Å². The quantitative estimate of drug-likeness (QED) is 0.897. The van der Waals surface area contributed by atoms with E-state index in [1.54, 1.807) is 19.9 Å². The highest BCUT2D eigenvalue weighted by molar-refractivity contribution is 6.05. The predicted molar refractivity (Wildman–Crippen MR) is 78.5 cm³/mol. The first-order valence-corrected chi connectivity index (χ1v) is 6.45. The molecule has 0 aliphatic heterocycles. The number of rotatable bonds is 3. The van der Waals surface area contributed by atoms with E-state index in [1.807, 2.05) is 31.2 Å². The number of nitrogens with zero attached hydrogens (tertiary/aromatic N) is 2. The number of hydrogen-bond acceptors (Lipinski definition) is 4. The van der Waals surface area contributed by atoms with Crippen LogP contribution in [0.3, 0.4) is 0 Å². The fraction of sp³-hybridized carbons (Fsp3) is 0.267. The van der Waals surface area contributed by atoms with Gasteiger partial charge >= 0.3 is 0 Å². The number of carbonyl (C=O) groups is 1. The van der Waals surface area contributed by atoms with E-state index in [0.717, 1.165) is 11.3 Å². The first-order valence-electron chi connectivity index (χ1n) is 6.45. The Bertz CT molecular complexity index is 620. The summed E-state index contributed by atoms with van der Waals surface area (Å²) in [6.45, 7) is 5.49. The van der Waals surface area contributed by atoms with Gasteiger partial charge in [0.15, 0.2) is 0 Å². The van der Waals surface area contributed by atoms with Crippen molar-refractivity contribution in [2.24, 2.45) is 5.73 Å². The molecular formula is C15H18N4O. The summed E-state index contributed by atoms with van der Waals surface area (Å²) in [6.07, 6.45) is 0. The number of aromatic nitrogens is 2. The largest absolute Gasteiger partial charge is 0.324 e. The van der Waals surface area contributed by atoms with E-state index in [1.165, 1.54) is 0 Å². The van der Waals surface area contributed by atoms with Gasteiger partial charge in [-0.15, -0.1) is 0 Å². The molecule has 0 radical (unpaired) electrons. The minimum absolute atomic E-state index is 0.0194. The molecule has 104 valence electrons. The maximum Gasteiger partial charge on any atom is 0.257 e. The van der Waals surface area contributed by atoms with Crippen molar-refractivity contribution >= 4 is 11.6 Å². The van der Waals surface area contributed by atoms with E-state index in [9.17, 15) is 4.79 Å². The Morgan fingerprint density at radius 3 is 2.45 bits per heavy atom. The summed E-state index contributed by atoms with van der Waals surface area (Å²) in [4.78, 5) is 12.2. The summed E-state index contributed by atoms with van der Waals surface area (Å²) in [6, 6.07) is 9.20. The van der Waals surface area contributed by atoms with Gasteiger partial charge in [0, 0.05) is 11.7 Å². The average molecular weight is 270 g/mol. The van der Waals surface area contributed by atoms with Gasteiger partial charge in [-0.25, -0.2) is 0 Å². The normalized spacial score (nSPS) is 12.0. The van der Waals surface area contributed by atoms with Crippen molar-refractivity contribution in [3.05, 3.63) is 52.8 Å². The number of benzene rings is 1. The van der Waals surface area contributed by atoms with Crippen molar-refractivity contribution < 1.29 is 4.79 Å². The Morgan fingerprint density at radius 2 is 1.85 bits per heavy atom. The van der Waals surface area contributed by atoms with Crippen LogP contribution in [0.2, 0.25) is 0 Å². The maximum absolute atomic E-state index is 12.2. The Morgan fingerprint density at radius 1 is 1.20 bits per heavy atom. The summed E-state index contributed by atoms with van der Waals surface area (Å²) >= 11 is 0. The molecule has 1 atom stereocenters. The van der Waals surface area contributed by atoms with Gasteiger partial charge in [-0.05, 0) is 44.5 Å². The third kappa shape index (κ3) is 3.19. The summed E-state index contributed by atoms with van der Waals surface area (Å²) in [5.74, 6) is -0.186. The van der Waals surface area contributed by atoms with Gasteiger partial charge in [0.05, 0.1) is 17.0 Å². The van der Waals surface area contributed by atoms with Crippen molar-refractivity contribution in [1.82, 2.24) is 10.2 Å². The lowest BCUT2D eigenvalue weighted by atomic mass is 10.1. The summed E-state index contributed by atoms with van der Waals surface area (Å²) < 4.78 is 0. The minimum atomic E-state index is -0.186. The van der Waals surface area contributed by atoms with Gasteiger partial charge in [-0.1, -0.05) is 12.1 Å². The molecule has 0 bridgehead atoms. The smallest absolute Gasteiger partial charge is 0.257 e. The SMILES string of the molecule is Cc1cc(C(=O)Nc2ccc(C(C)N)cc2)c(C)nn1. The molecule has 2 rings (SSSR count). The monoisotopic (exact) mass is 270 g/mol. The number of nitrogens with two attached hydrogens (primary N) is 1. The van der Waals surface area contributed by atoms with Crippen LogP contribution in [-0.4, -0.2) is 16.1 Å². The molecule has 1 heterocycles. The second-order valence-electron chi connectivity index (χ2n) is 4.85. The van der Waals surface area contributed by atoms with Crippen molar-refractivity contribution in [3.8, 4) is 0 Å². The first-order chi connectivity index (χ1) is 9.47. The summed E-state index contributed by atoms with van der Waals surface area (Å²) in [5, 5.41) is 10.7. The van der Waals surface area contributed by atoms with Gasteiger partial charge in [-0.3, -0.25) is 4.79 Å². The van der Waals surface area contributed by atoms with Crippen LogP contribution >= 0.6 is 0 Å². The van der Waals surface area contributed by atoms with Crippen LogP contribution in [-0.2, 0) is 0 Å². The average Bonchev–Trinajstić information content (AvgIpc) is 2.42.